The molecule has 1 heterocycles. The predicted molar refractivity (Wildman–Crippen MR) is 78.6 cm³/mol. The van der Waals surface area contributed by atoms with Crippen molar-refractivity contribution in [1.29, 1.82) is 0 Å². The molecule has 2 aromatic rings. The molecule has 0 spiro atoms. The first kappa shape index (κ1) is 14.3. The number of hydrogen-bond donors (Lipinski definition) is 2. The normalized spacial score (nSPS) is 10.6. The second kappa shape index (κ2) is 6.34. The molecule has 5 heteroatoms. The highest BCUT2D eigenvalue weighted by molar-refractivity contribution is 5.92. The topological polar surface area (TPSA) is 67.2 Å². The van der Waals surface area contributed by atoms with E-state index >= 15 is 0 Å². The van der Waals surface area contributed by atoms with Gasteiger partial charge in [0.25, 0.3) is 0 Å². The smallest absolute Gasteiger partial charge is 0.226 e. The van der Waals surface area contributed by atoms with Gasteiger partial charge in [-0.15, -0.1) is 0 Å². The zero-order chi connectivity index (χ0) is 14.5. The van der Waals surface area contributed by atoms with Gasteiger partial charge >= 0.3 is 0 Å². The third kappa shape index (κ3) is 3.45. The quantitative estimate of drug-likeness (QED) is 0.878. The van der Waals surface area contributed by atoms with E-state index in [1.165, 1.54) is 0 Å². The van der Waals surface area contributed by atoms with Gasteiger partial charge in [-0.2, -0.15) is 0 Å². The summed E-state index contributed by atoms with van der Waals surface area (Å²) in [6.07, 6.45) is 2.05. The minimum atomic E-state index is -0.0109. The molecule has 1 aromatic heterocycles. The standard InChI is InChI=1S/C15H19N3O2/c1-10-4-5-12(15-17-11(2)9-20-15)8-13(10)18-14(19)6-7-16-3/h4-5,8-9,16H,6-7H2,1-3H3,(H,18,19). The Morgan fingerprint density at radius 1 is 1.35 bits per heavy atom. The molecule has 0 bridgehead atoms. The first-order valence-electron chi connectivity index (χ1n) is 6.57. The minimum absolute atomic E-state index is 0.0109. The van der Waals surface area contributed by atoms with Crippen LogP contribution in [0.25, 0.3) is 11.5 Å². The highest BCUT2D eigenvalue weighted by atomic mass is 16.3. The van der Waals surface area contributed by atoms with Crippen molar-refractivity contribution in [3.05, 3.63) is 35.7 Å². The molecule has 0 saturated carbocycles. The molecule has 20 heavy (non-hydrogen) atoms. The third-order valence-electron chi connectivity index (χ3n) is 2.98. The van der Waals surface area contributed by atoms with Crippen LogP contribution in [-0.2, 0) is 4.79 Å². The number of amides is 1. The molecule has 0 saturated heterocycles. The van der Waals surface area contributed by atoms with Crippen molar-refractivity contribution in [1.82, 2.24) is 10.3 Å². The molecule has 2 N–H and O–H groups in total. The molecule has 1 aromatic carbocycles. The van der Waals surface area contributed by atoms with Crippen molar-refractivity contribution in [2.45, 2.75) is 20.3 Å². The fourth-order valence-electron chi connectivity index (χ4n) is 1.83. The largest absolute Gasteiger partial charge is 0.444 e. The van der Waals surface area contributed by atoms with E-state index in [0.29, 0.717) is 18.9 Å². The average Bonchev–Trinajstić information content (AvgIpc) is 2.85. The summed E-state index contributed by atoms with van der Waals surface area (Å²) in [5.74, 6) is 0.552. The number of hydrogen-bond acceptors (Lipinski definition) is 4. The molecule has 2 rings (SSSR count). The molecule has 0 unspecified atom stereocenters. The van der Waals surface area contributed by atoms with Crippen molar-refractivity contribution in [3.63, 3.8) is 0 Å². The van der Waals surface area contributed by atoms with Crippen LogP contribution in [0, 0.1) is 13.8 Å². The van der Waals surface area contributed by atoms with Crippen LogP contribution in [-0.4, -0.2) is 24.5 Å². The monoisotopic (exact) mass is 273 g/mol. The number of rotatable bonds is 5. The first-order chi connectivity index (χ1) is 9.60. The Labute approximate surface area is 118 Å². The summed E-state index contributed by atoms with van der Waals surface area (Å²) in [5, 5.41) is 5.87. The van der Waals surface area contributed by atoms with Crippen molar-refractivity contribution in [2.75, 3.05) is 18.9 Å². The Hall–Kier alpha value is -2.14. The van der Waals surface area contributed by atoms with E-state index in [1.54, 1.807) is 6.26 Å². The average molecular weight is 273 g/mol. The summed E-state index contributed by atoms with van der Waals surface area (Å²) >= 11 is 0. The molecule has 1 amide bonds. The maximum atomic E-state index is 11.8. The van der Waals surface area contributed by atoms with Gasteiger partial charge in [0.1, 0.15) is 6.26 Å². The van der Waals surface area contributed by atoms with Crippen molar-refractivity contribution < 1.29 is 9.21 Å². The van der Waals surface area contributed by atoms with Gasteiger partial charge in [-0.3, -0.25) is 4.79 Å². The number of nitrogens with zero attached hydrogens (tertiary/aromatic N) is 1. The molecule has 0 radical (unpaired) electrons. The number of carbonyl (C=O) groups is 1. The van der Waals surface area contributed by atoms with Crippen LogP contribution in [0.2, 0.25) is 0 Å². The molecule has 0 fully saturated rings. The summed E-state index contributed by atoms with van der Waals surface area (Å²) in [6, 6.07) is 5.77. The van der Waals surface area contributed by atoms with Crippen LogP contribution in [0.3, 0.4) is 0 Å². The van der Waals surface area contributed by atoms with Crippen LogP contribution >= 0.6 is 0 Å². The molecule has 106 valence electrons. The van der Waals surface area contributed by atoms with Crippen LogP contribution in [0.4, 0.5) is 5.69 Å². The molecule has 0 atom stereocenters. The zero-order valence-electron chi connectivity index (χ0n) is 12.0. The summed E-state index contributed by atoms with van der Waals surface area (Å²) < 4.78 is 5.38. The Bertz CT molecular complexity index is 605. The van der Waals surface area contributed by atoms with Gasteiger partial charge in [0.05, 0.1) is 5.69 Å². The third-order valence-corrected chi connectivity index (χ3v) is 2.98. The summed E-state index contributed by atoms with van der Waals surface area (Å²) in [7, 11) is 1.82. The number of carbonyl (C=O) groups excluding carboxylic acids is 1. The fraction of sp³-hybridized carbons (Fsp3) is 0.333. The van der Waals surface area contributed by atoms with Crippen LogP contribution < -0.4 is 10.6 Å². The Morgan fingerprint density at radius 3 is 2.80 bits per heavy atom. The van der Waals surface area contributed by atoms with Gasteiger partial charge < -0.3 is 15.1 Å². The summed E-state index contributed by atoms with van der Waals surface area (Å²) in [4.78, 5) is 16.1. The van der Waals surface area contributed by atoms with E-state index in [4.69, 9.17) is 4.42 Å². The van der Waals surface area contributed by atoms with Gasteiger partial charge in [0, 0.05) is 24.2 Å². The number of benzene rings is 1. The second-order valence-electron chi connectivity index (χ2n) is 4.73. The van der Waals surface area contributed by atoms with E-state index < -0.39 is 0 Å². The lowest BCUT2D eigenvalue weighted by Gasteiger charge is -2.09. The van der Waals surface area contributed by atoms with Crippen molar-refractivity contribution >= 4 is 11.6 Å². The summed E-state index contributed by atoms with van der Waals surface area (Å²) in [5.41, 5.74) is 3.49. The van der Waals surface area contributed by atoms with Gasteiger partial charge in [0.15, 0.2) is 0 Å². The zero-order valence-corrected chi connectivity index (χ0v) is 12.0. The van der Waals surface area contributed by atoms with E-state index in [0.717, 1.165) is 22.5 Å². The maximum Gasteiger partial charge on any atom is 0.226 e. The van der Waals surface area contributed by atoms with Gasteiger partial charge in [-0.1, -0.05) is 6.07 Å². The molecule has 0 aliphatic heterocycles. The van der Waals surface area contributed by atoms with Crippen LogP contribution in [0.1, 0.15) is 17.7 Å². The van der Waals surface area contributed by atoms with Gasteiger partial charge in [0.2, 0.25) is 11.8 Å². The number of aromatic nitrogens is 1. The van der Waals surface area contributed by atoms with Crippen molar-refractivity contribution in [2.24, 2.45) is 0 Å². The highest BCUT2D eigenvalue weighted by Gasteiger charge is 2.09. The molecule has 0 aliphatic rings. The minimum Gasteiger partial charge on any atom is -0.444 e. The lowest BCUT2D eigenvalue weighted by molar-refractivity contribution is -0.116. The lowest BCUT2D eigenvalue weighted by atomic mass is 10.1. The number of nitrogens with one attached hydrogen (secondary N) is 2. The Kier molecular flexibility index (Phi) is 4.53. The Morgan fingerprint density at radius 2 is 2.15 bits per heavy atom. The molecule has 5 nitrogen and oxygen atoms in total. The van der Waals surface area contributed by atoms with Crippen molar-refractivity contribution in [3.8, 4) is 11.5 Å². The lowest BCUT2D eigenvalue weighted by Crippen LogP contribution is -2.19. The van der Waals surface area contributed by atoms with E-state index in [-0.39, 0.29) is 5.91 Å². The Balaban J connectivity index is 2.18. The molecular formula is C15H19N3O2. The van der Waals surface area contributed by atoms with E-state index in [9.17, 15) is 4.79 Å². The number of oxazole rings is 1. The predicted octanol–water partition coefficient (Wildman–Crippen LogP) is 2.51. The number of aryl methyl sites for hydroxylation is 2. The van der Waals surface area contributed by atoms with Crippen LogP contribution in [0.15, 0.2) is 28.9 Å². The fourth-order valence-corrected chi connectivity index (χ4v) is 1.83. The van der Waals surface area contributed by atoms with Gasteiger partial charge in [-0.05, 0) is 38.6 Å². The van der Waals surface area contributed by atoms with E-state index in [2.05, 4.69) is 15.6 Å². The highest BCUT2D eigenvalue weighted by Crippen LogP contribution is 2.25. The van der Waals surface area contributed by atoms with Gasteiger partial charge in [-0.25, -0.2) is 4.98 Å². The second-order valence-corrected chi connectivity index (χ2v) is 4.73. The maximum absolute atomic E-state index is 11.8. The molecular weight excluding hydrogens is 254 g/mol. The summed E-state index contributed by atoms with van der Waals surface area (Å²) in [6.45, 7) is 4.49. The van der Waals surface area contributed by atoms with Crippen LogP contribution in [0.5, 0.6) is 0 Å². The first-order valence-corrected chi connectivity index (χ1v) is 6.57. The SMILES string of the molecule is CNCCC(=O)Nc1cc(-c2nc(C)co2)ccc1C. The molecule has 0 aliphatic carbocycles. The number of anilines is 1. The van der Waals surface area contributed by atoms with E-state index in [1.807, 2.05) is 39.1 Å².